The van der Waals surface area contributed by atoms with Crippen LogP contribution in [0.5, 0.6) is 0 Å². The van der Waals surface area contributed by atoms with Gasteiger partial charge in [0.2, 0.25) is 0 Å². The lowest BCUT2D eigenvalue weighted by Gasteiger charge is -2.22. The van der Waals surface area contributed by atoms with Gasteiger partial charge < -0.3 is 0 Å². The Labute approximate surface area is 83.0 Å². The lowest BCUT2D eigenvalue weighted by molar-refractivity contribution is -0.530. The van der Waals surface area contributed by atoms with Gasteiger partial charge in [0.1, 0.15) is 0 Å². The van der Waals surface area contributed by atoms with Crippen LogP contribution in [0.15, 0.2) is 0 Å². The van der Waals surface area contributed by atoms with Gasteiger partial charge in [-0.05, 0) is 5.92 Å². The predicted molar refractivity (Wildman–Crippen MR) is 51.9 cm³/mol. The molecule has 0 aliphatic rings. The number of nitrogens with zero attached hydrogens (tertiary/aromatic N) is 1. The predicted octanol–water partition coefficient (Wildman–Crippen LogP) is 2.79. The molecular weight excluding hydrogens is 278 g/mol. The summed E-state index contributed by atoms with van der Waals surface area (Å²) in [6, 6.07) is 0. The summed E-state index contributed by atoms with van der Waals surface area (Å²) < 4.78 is -1.07. The van der Waals surface area contributed by atoms with E-state index in [0.717, 1.165) is 0 Å². The van der Waals surface area contributed by atoms with Crippen LogP contribution in [-0.2, 0) is 0 Å². The van der Waals surface area contributed by atoms with Crippen molar-refractivity contribution in [3.8, 4) is 0 Å². The highest BCUT2D eigenvalue weighted by atomic mass is 79.9. The maximum absolute atomic E-state index is 10.5. The van der Waals surface area contributed by atoms with E-state index in [9.17, 15) is 10.1 Å². The molecule has 0 aromatic heterocycles. The molecule has 0 saturated heterocycles. The third-order valence-electron chi connectivity index (χ3n) is 1.45. The lowest BCUT2D eigenvalue weighted by atomic mass is 10.1. The van der Waals surface area contributed by atoms with Crippen LogP contribution in [0.4, 0.5) is 0 Å². The molecule has 2 unspecified atom stereocenters. The molecule has 0 bridgehead atoms. The standard InChI is InChI=1S/C6H11Br2NO2/c1-4(2)5(7)6(3,8)9(10)11/h4-5H,1-3H3. The Bertz CT molecular complexity index is 159. The third-order valence-corrected chi connectivity index (χ3v) is 4.79. The van der Waals surface area contributed by atoms with E-state index >= 15 is 0 Å². The first-order valence-corrected chi connectivity index (χ1v) is 4.98. The van der Waals surface area contributed by atoms with Crippen LogP contribution in [0.1, 0.15) is 20.8 Å². The molecule has 0 radical (unpaired) electrons. The topological polar surface area (TPSA) is 43.1 Å². The van der Waals surface area contributed by atoms with Crippen LogP contribution >= 0.6 is 31.9 Å². The van der Waals surface area contributed by atoms with E-state index in [1.54, 1.807) is 6.92 Å². The first-order chi connectivity index (χ1) is 4.80. The molecule has 0 heterocycles. The Hall–Kier alpha value is 0.360. The van der Waals surface area contributed by atoms with Gasteiger partial charge in [-0.3, -0.25) is 10.1 Å². The minimum atomic E-state index is -1.07. The highest BCUT2D eigenvalue weighted by Gasteiger charge is 2.43. The maximum atomic E-state index is 10.5. The molecule has 11 heavy (non-hydrogen) atoms. The third kappa shape index (κ3) is 2.71. The number of rotatable bonds is 3. The number of hydrogen-bond acceptors (Lipinski definition) is 2. The molecule has 0 aliphatic heterocycles. The molecular formula is C6H11Br2NO2. The molecule has 0 aromatic rings. The van der Waals surface area contributed by atoms with Crippen molar-refractivity contribution in [2.75, 3.05) is 0 Å². The van der Waals surface area contributed by atoms with Gasteiger partial charge in [0, 0.05) is 27.8 Å². The molecule has 0 saturated carbocycles. The van der Waals surface area contributed by atoms with Crippen molar-refractivity contribution in [1.29, 1.82) is 0 Å². The fraction of sp³-hybridized carbons (Fsp3) is 1.00. The number of hydrogen-bond donors (Lipinski definition) is 0. The second kappa shape index (κ2) is 3.85. The zero-order valence-electron chi connectivity index (χ0n) is 6.67. The molecule has 0 N–H and O–H groups in total. The normalized spacial score (nSPS) is 19.5. The Morgan fingerprint density at radius 3 is 2.00 bits per heavy atom. The quantitative estimate of drug-likeness (QED) is 0.347. The van der Waals surface area contributed by atoms with Crippen molar-refractivity contribution in [1.82, 2.24) is 0 Å². The summed E-state index contributed by atoms with van der Waals surface area (Å²) >= 11 is 6.34. The van der Waals surface area contributed by atoms with Gasteiger partial charge in [0.15, 0.2) is 0 Å². The van der Waals surface area contributed by atoms with Gasteiger partial charge in [-0.2, -0.15) is 0 Å². The highest BCUT2D eigenvalue weighted by molar-refractivity contribution is 9.12. The number of alkyl halides is 2. The first kappa shape index (κ1) is 11.4. The van der Waals surface area contributed by atoms with Crippen LogP contribution in [0.3, 0.4) is 0 Å². The molecule has 2 atom stereocenters. The van der Waals surface area contributed by atoms with E-state index in [-0.39, 0.29) is 15.7 Å². The Morgan fingerprint density at radius 2 is 1.91 bits per heavy atom. The lowest BCUT2D eigenvalue weighted by Crippen LogP contribution is -2.39. The Kier molecular flexibility index (Phi) is 3.97. The fourth-order valence-corrected chi connectivity index (χ4v) is 1.40. The van der Waals surface area contributed by atoms with Gasteiger partial charge in [-0.25, -0.2) is 0 Å². The molecule has 0 aliphatic carbocycles. The van der Waals surface area contributed by atoms with Gasteiger partial charge in [0.25, 0.3) is 4.45 Å². The van der Waals surface area contributed by atoms with Gasteiger partial charge in [-0.15, -0.1) is 0 Å². The molecule has 3 nitrogen and oxygen atoms in total. The van der Waals surface area contributed by atoms with E-state index < -0.39 is 4.45 Å². The maximum Gasteiger partial charge on any atom is 0.284 e. The average Bonchev–Trinajstić information content (AvgIpc) is 1.85. The minimum absolute atomic E-state index is 0.162. The largest absolute Gasteiger partial charge is 0.284 e. The van der Waals surface area contributed by atoms with Crippen molar-refractivity contribution in [2.45, 2.75) is 30.0 Å². The van der Waals surface area contributed by atoms with Crippen molar-refractivity contribution in [3.63, 3.8) is 0 Å². The van der Waals surface area contributed by atoms with Gasteiger partial charge in [-0.1, -0.05) is 29.8 Å². The van der Waals surface area contributed by atoms with Crippen molar-refractivity contribution in [2.24, 2.45) is 5.92 Å². The van der Waals surface area contributed by atoms with E-state index in [1.165, 1.54) is 0 Å². The Morgan fingerprint density at radius 1 is 1.55 bits per heavy atom. The molecule has 0 fully saturated rings. The molecule has 66 valence electrons. The smallest absolute Gasteiger partial charge is 0.263 e. The molecule has 0 amide bonds. The van der Waals surface area contributed by atoms with Crippen LogP contribution < -0.4 is 0 Å². The van der Waals surface area contributed by atoms with Crippen LogP contribution in [0, 0.1) is 16.0 Å². The van der Waals surface area contributed by atoms with Gasteiger partial charge in [0.05, 0.1) is 4.83 Å². The second-order valence-corrected chi connectivity index (χ2v) is 5.52. The molecule has 0 spiro atoms. The summed E-state index contributed by atoms with van der Waals surface area (Å²) in [5, 5.41) is 10.5. The molecule has 0 rings (SSSR count). The van der Waals surface area contributed by atoms with Crippen LogP contribution in [0.25, 0.3) is 0 Å². The first-order valence-electron chi connectivity index (χ1n) is 3.27. The molecule has 0 aromatic carbocycles. The summed E-state index contributed by atoms with van der Waals surface area (Å²) in [5.74, 6) is 0.227. The van der Waals surface area contributed by atoms with Crippen molar-refractivity contribution in [3.05, 3.63) is 10.1 Å². The summed E-state index contributed by atoms with van der Waals surface area (Å²) in [5.41, 5.74) is 0. The highest BCUT2D eigenvalue weighted by Crippen LogP contribution is 2.32. The zero-order valence-corrected chi connectivity index (χ0v) is 9.85. The van der Waals surface area contributed by atoms with E-state index in [2.05, 4.69) is 31.9 Å². The Balaban J connectivity index is 4.42. The SMILES string of the molecule is CC(C)C(Br)C(C)(Br)[N+](=O)[O-]. The van der Waals surface area contributed by atoms with E-state index in [1.807, 2.05) is 13.8 Å². The van der Waals surface area contributed by atoms with E-state index in [4.69, 9.17) is 0 Å². The zero-order chi connectivity index (χ0) is 9.23. The summed E-state index contributed by atoms with van der Waals surface area (Å²) in [6.07, 6.45) is 0. The minimum Gasteiger partial charge on any atom is -0.263 e. The number of halogens is 2. The molecule has 5 heteroatoms. The van der Waals surface area contributed by atoms with Crippen molar-refractivity contribution >= 4 is 31.9 Å². The van der Waals surface area contributed by atoms with Crippen LogP contribution in [0.2, 0.25) is 0 Å². The fourth-order valence-electron chi connectivity index (χ4n) is 0.709. The van der Waals surface area contributed by atoms with E-state index in [0.29, 0.717) is 0 Å². The van der Waals surface area contributed by atoms with Crippen LogP contribution in [-0.4, -0.2) is 14.2 Å². The second-order valence-electron chi connectivity index (χ2n) is 2.93. The summed E-state index contributed by atoms with van der Waals surface area (Å²) in [4.78, 5) is 10.0. The van der Waals surface area contributed by atoms with Gasteiger partial charge >= 0.3 is 0 Å². The summed E-state index contributed by atoms with van der Waals surface area (Å²) in [7, 11) is 0. The average molecular weight is 289 g/mol. The monoisotopic (exact) mass is 287 g/mol. The number of nitro groups is 1. The summed E-state index contributed by atoms with van der Waals surface area (Å²) in [6.45, 7) is 5.41. The van der Waals surface area contributed by atoms with Crippen molar-refractivity contribution < 1.29 is 4.92 Å².